The van der Waals surface area contributed by atoms with Crippen LogP contribution in [0.2, 0.25) is 0 Å². The van der Waals surface area contributed by atoms with E-state index >= 15 is 0 Å². The average molecular weight is 357 g/mol. The van der Waals surface area contributed by atoms with Gasteiger partial charge >= 0.3 is 0 Å². The first-order chi connectivity index (χ1) is 12.6. The first kappa shape index (κ1) is 16.4. The molecule has 1 N–H and O–H groups in total. The van der Waals surface area contributed by atoms with E-state index in [2.05, 4.69) is 9.97 Å². The summed E-state index contributed by atoms with van der Waals surface area (Å²) < 4.78 is 40.3. The zero-order valence-electron chi connectivity index (χ0n) is 13.6. The highest BCUT2D eigenvalue weighted by Gasteiger charge is 2.25. The molecule has 7 heteroatoms. The molecule has 0 spiro atoms. The molecule has 0 aliphatic carbocycles. The minimum Gasteiger partial charge on any atom is -0.359 e. The van der Waals surface area contributed by atoms with Gasteiger partial charge in [0.1, 0.15) is 0 Å². The van der Waals surface area contributed by atoms with Crippen molar-refractivity contribution in [2.24, 2.45) is 0 Å². The monoisotopic (exact) mass is 357 g/mol. The van der Waals surface area contributed by atoms with Gasteiger partial charge < -0.3 is 9.88 Å². The van der Waals surface area contributed by atoms with E-state index in [-0.39, 0.29) is 6.54 Å². The first-order valence-electron chi connectivity index (χ1n) is 8.10. The van der Waals surface area contributed by atoms with Crippen LogP contribution in [0.5, 0.6) is 0 Å². The van der Waals surface area contributed by atoms with Crippen LogP contribution in [0.3, 0.4) is 0 Å². The van der Waals surface area contributed by atoms with Crippen LogP contribution in [0.1, 0.15) is 22.3 Å². The highest BCUT2D eigenvalue weighted by molar-refractivity contribution is 5.95. The highest BCUT2D eigenvalue weighted by atomic mass is 19.2. The predicted molar refractivity (Wildman–Crippen MR) is 90.9 cm³/mol. The Labute approximate surface area is 147 Å². The number of aromatic amines is 1. The zero-order chi connectivity index (χ0) is 18.3. The van der Waals surface area contributed by atoms with Gasteiger partial charge in [0, 0.05) is 31.0 Å². The normalized spacial score (nSPS) is 14.6. The molecule has 4 nitrogen and oxygen atoms in total. The van der Waals surface area contributed by atoms with E-state index in [1.807, 2.05) is 24.4 Å². The van der Waals surface area contributed by atoms with Crippen LogP contribution in [-0.2, 0) is 0 Å². The molecule has 0 atom stereocenters. The van der Waals surface area contributed by atoms with E-state index in [9.17, 15) is 18.0 Å². The van der Waals surface area contributed by atoms with Gasteiger partial charge in [-0.1, -0.05) is 6.08 Å². The number of benzene rings is 1. The molecule has 0 saturated heterocycles. The maximum Gasteiger partial charge on any atom is 0.257 e. The molecule has 0 bridgehead atoms. The standard InChI is InChI=1S/C19H14F3N3O/c20-14-4-3-12(16(21)17(14)22)19(26)25-8-5-11(6-9-25)13-10-24-15-2-1-7-23-18(13)15/h1-5,7,10,24H,6,8-9H2. The van der Waals surface area contributed by atoms with E-state index < -0.39 is 28.9 Å². The fourth-order valence-electron chi connectivity index (χ4n) is 3.16. The minimum atomic E-state index is -1.63. The molecule has 1 aromatic carbocycles. The third-order valence-electron chi connectivity index (χ3n) is 4.54. The third kappa shape index (κ3) is 2.65. The van der Waals surface area contributed by atoms with Gasteiger partial charge in [-0.2, -0.15) is 0 Å². The number of carbonyl (C=O) groups excluding carboxylic acids is 1. The van der Waals surface area contributed by atoms with Crippen molar-refractivity contribution >= 4 is 22.5 Å². The van der Waals surface area contributed by atoms with Crippen molar-refractivity contribution in [1.82, 2.24) is 14.9 Å². The number of amides is 1. The molecular formula is C19H14F3N3O. The Bertz CT molecular complexity index is 1040. The SMILES string of the molecule is O=C(c1ccc(F)c(F)c1F)N1CC=C(c2c[nH]c3cccnc23)CC1. The van der Waals surface area contributed by atoms with Crippen LogP contribution in [0.25, 0.3) is 16.6 Å². The summed E-state index contributed by atoms with van der Waals surface area (Å²) in [6, 6.07) is 5.50. The number of hydrogen-bond donors (Lipinski definition) is 1. The Kier molecular flexibility index (Phi) is 3.99. The van der Waals surface area contributed by atoms with Crippen molar-refractivity contribution in [2.75, 3.05) is 13.1 Å². The van der Waals surface area contributed by atoms with Crippen molar-refractivity contribution in [3.8, 4) is 0 Å². The Balaban J connectivity index is 1.58. The summed E-state index contributed by atoms with van der Waals surface area (Å²) in [6.07, 6.45) is 6.01. The van der Waals surface area contributed by atoms with Gasteiger partial charge in [0.2, 0.25) is 0 Å². The van der Waals surface area contributed by atoms with Gasteiger partial charge in [0.05, 0.1) is 16.6 Å². The molecule has 1 aliphatic rings. The number of carbonyl (C=O) groups is 1. The number of pyridine rings is 1. The maximum atomic E-state index is 13.9. The lowest BCUT2D eigenvalue weighted by atomic mass is 10.0. The number of aromatic nitrogens is 2. The van der Waals surface area contributed by atoms with Crippen LogP contribution in [-0.4, -0.2) is 33.9 Å². The Morgan fingerprint density at radius 1 is 1.15 bits per heavy atom. The summed E-state index contributed by atoms with van der Waals surface area (Å²) in [5.74, 6) is -5.06. The van der Waals surface area contributed by atoms with Crippen molar-refractivity contribution in [1.29, 1.82) is 0 Å². The molecule has 26 heavy (non-hydrogen) atoms. The average Bonchev–Trinajstić information content (AvgIpc) is 3.10. The van der Waals surface area contributed by atoms with Crippen molar-refractivity contribution in [2.45, 2.75) is 6.42 Å². The fourth-order valence-corrected chi connectivity index (χ4v) is 3.16. The largest absolute Gasteiger partial charge is 0.359 e. The minimum absolute atomic E-state index is 0.256. The van der Waals surface area contributed by atoms with Gasteiger partial charge in [-0.25, -0.2) is 13.2 Å². The van der Waals surface area contributed by atoms with Crippen molar-refractivity contribution in [3.63, 3.8) is 0 Å². The Morgan fingerprint density at radius 2 is 2.00 bits per heavy atom. The van der Waals surface area contributed by atoms with Gasteiger partial charge in [0.15, 0.2) is 17.5 Å². The first-order valence-corrected chi connectivity index (χ1v) is 8.10. The molecule has 3 heterocycles. The molecule has 0 fully saturated rings. The Morgan fingerprint density at radius 3 is 2.77 bits per heavy atom. The number of rotatable bonds is 2. The topological polar surface area (TPSA) is 49.0 Å². The molecule has 0 radical (unpaired) electrons. The molecule has 1 amide bonds. The van der Waals surface area contributed by atoms with Crippen molar-refractivity contribution < 1.29 is 18.0 Å². The molecule has 132 valence electrons. The molecule has 0 saturated carbocycles. The van der Waals surface area contributed by atoms with Crippen LogP contribution in [0.15, 0.2) is 42.7 Å². The van der Waals surface area contributed by atoms with Crippen LogP contribution >= 0.6 is 0 Å². The maximum absolute atomic E-state index is 13.9. The van der Waals surface area contributed by atoms with E-state index in [0.29, 0.717) is 13.0 Å². The summed E-state index contributed by atoms with van der Waals surface area (Å²) in [4.78, 5) is 21.4. The van der Waals surface area contributed by atoms with Crippen LogP contribution in [0, 0.1) is 17.5 Å². The summed E-state index contributed by atoms with van der Waals surface area (Å²) in [5.41, 5.74) is 3.31. The van der Waals surface area contributed by atoms with Gasteiger partial charge in [-0.3, -0.25) is 9.78 Å². The second-order valence-electron chi connectivity index (χ2n) is 6.06. The lowest BCUT2D eigenvalue weighted by molar-refractivity contribution is 0.0767. The van der Waals surface area contributed by atoms with E-state index in [1.165, 1.54) is 4.90 Å². The lowest BCUT2D eigenvalue weighted by Gasteiger charge is -2.26. The predicted octanol–water partition coefficient (Wildman–Crippen LogP) is 3.91. The number of nitrogens with one attached hydrogen (secondary N) is 1. The van der Waals surface area contributed by atoms with Gasteiger partial charge in [0.25, 0.3) is 5.91 Å². The van der Waals surface area contributed by atoms with Gasteiger partial charge in [-0.15, -0.1) is 0 Å². The fraction of sp³-hybridized carbons (Fsp3) is 0.158. The molecule has 0 unspecified atom stereocenters. The molecule has 1 aliphatic heterocycles. The third-order valence-corrected chi connectivity index (χ3v) is 4.54. The number of nitrogens with zero attached hydrogens (tertiary/aromatic N) is 2. The highest BCUT2D eigenvalue weighted by Crippen LogP contribution is 2.28. The summed E-state index contributed by atoms with van der Waals surface area (Å²) in [5, 5.41) is 0. The Hall–Kier alpha value is -3.09. The summed E-state index contributed by atoms with van der Waals surface area (Å²) in [7, 11) is 0. The molecule has 4 rings (SSSR count). The number of H-pyrrole nitrogens is 1. The van der Waals surface area contributed by atoms with E-state index in [4.69, 9.17) is 0 Å². The smallest absolute Gasteiger partial charge is 0.257 e. The quantitative estimate of drug-likeness (QED) is 0.707. The van der Waals surface area contributed by atoms with Crippen LogP contribution in [0.4, 0.5) is 13.2 Å². The molecular weight excluding hydrogens is 343 g/mol. The molecule has 2 aromatic heterocycles. The number of halogens is 3. The second kappa shape index (κ2) is 6.33. The summed E-state index contributed by atoms with van der Waals surface area (Å²) >= 11 is 0. The van der Waals surface area contributed by atoms with E-state index in [0.717, 1.165) is 34.3 Å². The summed E-state index contributed by atoms with van der Waals surface area (Å²) in [6.45, 7) is 0.606. The van der Waals surface area contributed by atoms with Crippen LogP contribution < -0.4 is 0 Å². The zero-order valence-corrected chi connectivity index (χ0v) is 13.6. The number of fused-ring (bicyclic) bond motifs is 1. The second-order valence-corrected chi connectivity index (χ2v) is 6.06. The lowest BCUT2D eigenvalue weighted by Crippen LogP contribution is -2.35. The van der Waals surface area contributed by atoms with E-state index in [1.54, 1.807) is 6.20 Å². The number of hydrogen-bond acceptors (Lipinski definition) is 2. The van der Waals surface area contributed by atoms with Crippen molar-refractivity contribution in [3.05, 3.63) is 71.3 Å². The van der Waals surface area contributed by atoms with Gasteiger partial charge in [-0.05, 0) is 36.3 Å². The molecule has 3 aromatic rings.